The molecule has 0 N–H and O–H groups in total. The predicted molar refractivity (Wildman–Crippen MR) is 58.4 cm³/mol. The lowest BCUT2D eigenvalue weighted by Crippen LogP contribution is -2.48. The Balaban J connectivity index is 2.31. The van der Waals surface area contributed by atoms with Crippen molar-refractivity contribution in [2.24, 2.45) is 0 Å². The van der Waals surface area contributed by atoms with Gasteiger partial charge in [0.15, 0.2) is 0 Å². The Morgan fingerprint density at radius 1 is 1.40 bits per heavy atom. The molecule has 0 amide bonds. The van der Waals surface area contributed by atoms with E-state index in [-0.39, 0.29) is 0 Å². The Morgan fingerprint density at radius 2 is 2.07 bits per heavy atom. The van der Waals surface area contributed by atoms with Gasteiger partial charge in [-0.25, -0.2) is 8.78 Å². The quantitative estimate of drug-likeness (QED) is 0.746. The predicted octanol–water partition coefficient (Wildman–Crippen LogP) is 2.88. The highest BCUT2D eigenvalue weighted by Gasteiger charge is 2.58. The molecule has 2 rings (SSSR count). The number of pyridine rings is 1. The highest BCUT2D eigenvalue weighted by molar-refractivity contribution is 14.1. The molecular formula is C10H7F2IN2. The SMILES string of the molecule is N#CC1(c2ccc(I)cn2)CC(F)(F)C1. The number of nitrogens with zero attached hydrogens (tertiary/aromatic N) is 2. The maximum absolute atomic E-state index is 12.8. The van der Waals surface area contributed by atoms with E-state index in [1.54, 1.807) is 18.3 Å². The third-order valence-electron chi connectivity index (χ3n) is 2.55. The van der Waals surface area contributed by atoms with Crippen LogP contribution in [0.25, 0.3) is 0 Å². The molecule has 0 atom stereocenters. The first-order valence-electron chi connectivity index (χ1n) is 4.39. The van der Waals surface area contributed by atoms with Gasteiger partial charge in [0, 0.05) is 22.6 Å². The number of alkyl halides is 2. The monoisotopic (exact) mass is 320 g/mol. The maximum Gasteiger partial charge on any atom is 0.252 e. The number of halogens is 3. The van der Waals surface area contributed by atoms with Crippen LogP contribution in [0.2, 0.25) is 0 Å². The van der Waals surface area contributed by atoms with Crippen molar-refractivity contribution in [2.75, 3.05) is 0 Å². The van der Waals surface area contributed by atoms with Gasteiger partial charge in [-0.1, -0.05) is 0 Å². The van der Waals surface area contributed by atoms with Crippen LogP contribution >= 0.6 is 22.6 Å². The molecular weight excluding hydrogens is 313 g/mol. The molecule has 0 bridgehead atoms. The normalized spacial score (nSPS) is 21.5. The van der Waals surface area contributed by atoms with Crippen molar-refractivity contribution in [1.29, 1.82) is 5.26 Å². The Kier molecular flexibility index (Phi) is 2.41. The van der Waals surface area contributed by atoms with Gasteiger partial charge in [0.2, 0.25) is 0 Å². The summed E-state index contributed by atoms with van der Waals surface area (Å²) in [6.45, 7) is 0. The van der Waals surface area contributed by atoms with Gasteiger partial charge < -0.3 is 0 Å². The molecule has 0 unspecified atom stereocenters. The van der Waals surface area contributed by atoms with Gasteiger partial charge >= 0.3 is 0 Å². The number of hydrogen-bond donors (Lipinski definition) is 0. The summed E-state index contributed by atoms with van der Waals surface area (Å²) in [5, 5.41) is 8.97. The van der Waals surface area contributed by atoms with E-state index >= 15 is 0 Å². The molecule has 5 heteroatoms. The minimum absolute atomic E-state index is 0.413. The molecule has 1 aliphatic carbocycles. The van der Waals surface area contributed by atoms with Crippen LogP contribution in [-0.4, -0.2) is 10.9 Å². The Bertz CT molecular complexity index is 414. The molecule has 0 saturated heterocycles. The zero-order chi connectivity index (χ0) is 11.1. The minimum Gasteiger partial charge on any atom is -0.258 e. The van der Waals surface area contributed by atoms with Crippen LogP contribution in [0.3, 0.4) is 0 Å². The molecule has 78 valence electrons. The summed E-state index contributed by atoms with van der Waals surface area (Å²) < 4.78 is 26.5. The molecule has 0 spiro atoms. The fourth-order valence-electron chi connectivity index (χ4n) is 1.81. The molecule has 0 radical (unpaired) electrons. The molecule has 1 aliphatic rings. The van der Waals surface area contributed by atoms with Crippen molar-refractivity contribution >= 4 is 22.6 Å². The van der Waals surface area contributed by atoms with Crippen LogP contribution in [0.15, 0.2) is 18.3 Å². The van der Waals surface area contributed by atoms with Gasteiger partial charge in [-0.05, 0) is 34.7 Å². The van der Waals surface area contributed by atoms with Crippen molar-refractivity contribution in [2.45, 2.75) is 24.2 Å². The third kappa shape index (κ3) is 1.83. The van der Waals surface area contributed by atoms with E-state index in [0.717, 1.165) is 3.57 Å². The number of rotatable bonds is 1. The highest BCUT2D eigenvalue weighted by atomic mass is 127. The fraction of sp³-hybridized carbons (Fsp3) is 0.400. The second-order valence-electron chi connectivity index (χ2n) is 3.77. The molecule has 15 heavy (non-hydrogen) atoms. The molecule has 1 fully saturated rings. The standard InChI is InChI=1S/C10H7F2IN2/c11-10(12)4-9(5-10,6-14)8-2-1-7(13)3-15-8/h1-3H,4-5H2. The lowest BCUT2D eigenvalue weighted by atomic mass is 9.65. The van der Waals surface area contributed by atoms with E-state index in [2.05, 4.69) is 27.6 Å². The molecule has 1 aromatic heterocycles. The molecule has 0 aliphatic heterocycles. The van der Waals surface area contributed by atoms with Crippen molar-refractivity contribution in [1.82, 2.24) is 4.98 Å². The Labute approximate surface area is 99.5 Å². The fourth-order valence-corrected chi connectivity index (χ4v) is 2.13. The van der Waals surface area contributed by atoms with E-state index in [9.17, 15) is 8.78 Å². The van der Waals surface area contributed by atoms with Gasteiger partial charge in [0.1, 0.15) is 5.41 Å². The van der Waals surface area contributed by atoms with Crippen molar-refractivity contribution in [3.05, 3.63) is 27.6 Å². The summed E-state index contributed by atoms with van der Waals surface area (Å²) in [6, 6.07) is 5.39. The van der Waals surface area contributed by atoms with Crippen molar-refractivity contribution in [3.8, 4) is 6.07 Å². The first-order valence-corrected chi connectivity index (χ1v) is 5.46. The average Bonchev–Trinajstić information content (AvgIpc) is 2.14. The largest absolute Gasteiger partial charge is 0.258 e. The van der Waals surface area contributed by atoms with Gasteiger partial charge in [0.05, 0.1) is 11.8 Å². The van der Waals surface area contributed by atoms with Crippen LogP contribution in [0.1, 0.15) is 18.5 Å². The highest BCUT2D eigenvalue weighted by Crippen LogP contribution is 2.52. The van der Waals surface area contributed by atoms with Crippen molar-refractivity contribution < 1.29 is 8.78 Å². The van der Waals surface area contributed by atoms with Crippen LogP contribution in [0.4, 0.5) is 8.78 Å². The second kappa shape index (κ2) is 3.37. The Hall–Kier alpha value is -0.770. The van der Waals surface area contributed by atoms with Crippen LogP contribution < -0.4 is 0 Å². The van der Waals surface area contributed by atoms with Crippen LogP contribution in [-0.2, 0) is 5.41 Å². The topological polar surface area (TPSA) is 36.7 Å². The molecule has 1 saturated carbocycles. The minimum atomic E-state index is -2.71. The number of hydrogen-bond acceptors (Lipinski definition) is 2. The first-order chi connectivity index (χ1) is 6.97. The van der Waals surface area contributed by atoms with E-state index in [0.29, 0.717) is 5.69 Å². The summed E-state index contributed by atoms with van der Waals surface area (Å²) >= 11 is 2.08. The van der Waals surface area contributed by atoms with Gasteiger partial charge in [-0.15, -0.1) is 0 Å². The second-order valence-corrected chi connectivity index (χ2v) is 5.01. The van der Waals surface area contributed by atoms with E-state index in [1.165, 1.54) is 0 Å². The summed E-state index contributed by atoms with van der Waals surface area (Å²) in [7, 11) is 0. The number of aromatic nitrogens is 1. The first kappa shape index (κ1) is 10.7. The zero-order valence-electron chi connectivity index (χ0n) is 7.67. The summed E-state index contributed by atoms with van der Waals surface area (Å²) in [5.41, 5.74) is -0.621. The molecule has 1 aromatic rings. The van der Waals surface area contributed by atoms with Gasteiger partial charge in [0.25, 0.3) is 5.92 Å². The Morgan fingerprint density at radius 3 is 2.47 bits per heavy atom. The van der Waals surface area contributed by atoms with Crippen LogP contribution in [0.5, 0.6) is 0 Å². The van der Waals surface area contributed by atoms with E-state index in [4.69, 9.17) is 5.26 Å². The van der Waals surface area contributed by atoms with E-state index in [1.807, 2.05) is 6.07 Å². The lowest BCUT2D eigenvalue weighted by Gasteiger charge is -2.41. The molecule has 0 aromatic carbocycles. The zero-order valence-corrected chi connectivity index (χ0v) is 9.83. The third-order valence-corrected chi connectivity index (χ3v) is 3.19. The molecule has 1 heterocycles. The number of nitriles is 1. The van der Waals surface area contributed by atoms with Crippen LogP contribution in [0, 0.1) is 14.9 Å². The maximum atomic E-state index is 12.8. The van der Waals surface area contributed by atoms with E-state index < -0.39 is 24.2 Å². The summed E-state index contributed by atoms with van der Waals surface area (Å²) in [5.74, 6) is -2.71. The lowest BCUT2D eigenvalue weighted by molar-refractivity contribution is -0.110. The molecule has 2 nitrogen and oxygen atoms in total. The van der Waals surface area contributed by atoms with Gasteiger partial charge in [-0.3, -0.25) is 4.98 Å². The average molecular weight is 320 g/mol. The van der Waals surface area contributed by atoms with Gasteiger partial charge in [-0.2, -0.15) is 5.26 Å². The summed E-state index contributed by atoms with van der Waals surface area (Å²) in [4.78, 5) is 4.05. The summed E-state index contributed by atoms with van der Waals surface area (Å²) in [6.07, 6.45) is 0.764. The van der Waals surface area contributed by atoms with Crippen molar-refractivity contribution in [3.63, 3.8) is 0 Å². The smallest absolute Gasteiger partial charge is 0.252 e.